The first kappa shape index (κ1) is 11.8. The summed E-state index contributed by atoms with van der Waals surface area (Å²) in [5.41, 5.74) is 0. The van der Waals surface area contributed by atoms with E-state index in [4.69, 9.17) is 10.00 Å². The topological polar surface area (TPSA) is 45.0 Å². The monoisotopic (exact) mass is 238 g/mol. The highest BCUT2D eigenvalue weighted by atomic mass is 19.1. The smallest absolute Gasteiger partial charge is 0.130 e. The number of halogens is 2. The van der Waals surface area contributed by atoms with Gasteiger partial charge >= 0.3 is 0 Å². The molecule has 17 heavy (non-hydrogen) atoms. The minimum absolute atomic E-state index is 0.0793. The Bertz CT molecular complexity index is 420. The number of rotatable bonds is 5. The van der Waals surface area contributed by atoms with E-state index in [1.165, 1.54) is 0 Å². The van der Waals surface area contributed by atoms with Crippen molar-refractivity contribution in [1.82, 2.24) is 5.32 Å². The maximum absolute atomic E-state index is 12.9. The van der Waals surface area contributed by atoms with Gasteiger partial charge < -0.3 is 4.74 Å². The molecule has 1 aromatic rings. The highest BCUT2D eigenvalue weighted by molar-refractivity contribution is 5.24. The third kappa shape index (κ3) is 3.68. The number of hydrogen-bond acceptors (Lipinski definition) is 3. The Kier molecular flexibility index (Phi) is 3.55. The van der Waals surface area contributed by atoms with E-state index in [1.807, 2.05) is 6.07 Å². The lowest BCUT2D eigenvalue weighted by Gasteiger charge is -2.12. The van der Waals surface area contributed by atoms with Crippen LogP contribution in [0.5, 0.6) is 5.75 Å². The van der Waals surface area contributed by atoms with Crippen LogP contribution in [0.2, 0.25) is 0 Å². The molecule has 90 valence electrons. The largest absolute Gasteiger partial charge is 0.491 e. The van der Waals surface area contributed by atoms with Crippen molar-refractivity contribution in [1.29, 1.82) is 5.26 Å². The van der Waals surface area contributed by atoms with Crippen LogP contribution >= 0.6 is 0 Å². The SMILES string of the molecule is N#CC(COc1cc(F)cc(F)c1)NC1CC1. The molecule has 0 heterocycles. The zero-order chi connectivity index (χ0) is 12.3. The lowest BCUT2D eigenvalue weighted by atomic mass is 10.3. The molecule has 0 aliphatic heterocycles. The second-order valence-electron chi connectivity index (χ2n) is 4.04. The van der Waals surface area contributed by atoms with Crippen molar-refractivity contribution in [3.8, 4) is 11.8 Å². The van der Waals surface area contributed by atoms with E-state index in [0.717, 1.165) is 31.0 Å². The molecule has 1 N–H and O–H groups in total. The van der Waals surface area contributed by atoms with Crippen LogP contribution in [0.3, 0.4) is 0 Å². The molecule has 1 atom stereocenters. The minimum Gasteiger partial charge on any atom is -0.491 e. The summed E-state index contributed by atoms with van der Waals surface area (Å²) in [4.78, 5) is 0. The van der Waals surface area contributed by atoms with Crippen LogP contribution in [-0.2, 0) is 0 Å². The fourth-order valence-corrected chi connectivity index (χ4v) is 1.45. The first-order chi connectivity index (χ1) is 8.17. The molecule has 1 unspecified atom stereocenters. The van der Waals surface area contributed by atoms with E-state index in [2.05, 4.69) is 5.32 Å². The standard InChI is InChI=1S/C12H12F2N2O/c13-8-3-9(14)5-12(4-8)17-7-11(6-15)16-10-1-2-10/h3-5,10-11,16H,1-2,7H2. The average molecular weight is 238 g/mol. The summed E-state index contributed by atoms with van der Waals surface area (Å²) in [5, 5.41) is 11.9. The van der Waals surface area contributed by atoms with Crippen molar-refractivity contribution < 1.29 is 13.5 Å². The molecule has 0 saturated heterocycles. The van der Waals surface area contributed by atoms with Gasteiger partial charge in [0.2, 0.25) is 0 Å². The highest BCUT2D eigenvalue weighted by Gasteiger charge is 2.24. The number of benzene rings is 1. The molecule has 3 nitrogen and oxygen atoms in total. The Morgan fingerprint density at radius 2 is 2.00 bits per heavy atom. The summed E-state index contributed by atoms with van der Waals surface area (Å²) in [5.74, 6) is -1.28. The average Bonchev–Trinajstić information content (AvgIpc) is 3.06. The molecule has 0 radical (unpaired) electrons. The number of nitrogens with zero attached hydrogens (tertiary/aromatic N) is 1. The highest BCUT2D eigenvalue weighted by Crippen LogP contribution is 2.20. The molecule has 1 fully saturated rings. The van der Waals surface area contributed by atoms with Crippen LogP contribution in [0.1, 0.15) is 12.8 Å². The molecule has 0 aromatic heterocycles. The van der Waals surface area contributed by atoms with Crippen LogP contribution in [-0.4, -0.2) is 18.7 Å². The van der Waals surface area contributed by atoms with Gasteiger partial charge in [-0.2, -0.15) is 5.26 Å². The van der Waals surface area contributed by atoms with Gasteiger partial charge in [0.05, 0.1) is 6.07 Å². The van der Waals surface area contributed by atoms with E-state index in [0.29, 0.717) is 6.04 Å². The van der Waals surface area contributed by atoms with Crippen LogP contribution in [0, 0.1) is 23.0 Å². The predicted octanol–water partition coefficient (Wildman–Crippen LogP) is 1.99. The van der Waals surface area contributed by atoms with Crippen LogP contribution in [0.15, 0.2) is 18.2 Å². The van der Waals surface area contributed by atoms with E-state index in [1.54, 1.807) is 0 Å². The fraction of sp³-hybridized carbons (Fsp3) is 0.417. The molecule has 0 bridgehead atoms. The van der Waals surface area contributed by atoms with E-state index in [-0.39, 0.29) is 12.4 Å². The molecule has 1 aliphatic rings. The maximum atomic E-state index is 12.9. The van der Waals surface area contributed by atoms with Gasteiger partial charge in [0.1, 0.15) is 30.0 Å². The van der Waals surface area contributed by atoms with Gasteiger partial charge in [-0.05, 0) is 12.8 Å². The third-order valence-corrected chi connectivity index (χ3v) is 2.42. The second-order valence-corrected chi connectivity index (χ2v) is 4.04. The van der Waals surface area contributed by atoms with Crippen molar-refractivity contribution >= 4 is 0 Å². The van der Waals surface area contributed by atoms with Crippen molar-refractivity contribution in [2.24, 2.45) is 0 Å². The van der Waals surface area contributed by atoms with E-state index >= 15 is 0 Å². The molecular formula is C12H12F2N2O. The quantitative estimate of drug-likeness (QED) is 0.853. The third-order valence-electron chi connectivity index (χ3n) is 2.42. The number of hydrogen-bond donors (Lipinski definition) is 1. The maximum Gasteiger partial charge on any atom is 0.130 e. The number of nitriles is 1. The number of ether oxygens (including phenoxy) is 1. The van der Waals surface area contributed by atoms with Crippen molar-refractivity contribution in [2.45, 2.75) is 24.9 Å². The molecule has 1 saturated carbocycles. The predicted molar refractivity (Wildman–Crippen MR) is 57.4 cm³/mol. The molecular weight excluding hydrogens is 226 g/mol. The van der Waals surface area contributed by atoms with Gasteiger partial charge in [0.15, 0.2) is 0 Å². The zero-order valence-electron chi connectivity index (χ0n) is 9.12. The normalized spacial score (nSPS) is 16.3. The zero-order valence-corrected chi connectivity index (χ0v) is 9.12. The van der Waals surface area contributed by atoms with Crippen molar-refractivity contribution in [2.75, 3.05) is 6.61 Å². The van der Waals surface area contributed by atoms with Crippen LogP contribution < -0.4 is 10.1 Å². The summed E-state index contributed by atoms with van der Waals surface area (Å²) < 4.78 is 30.9. The Balaban J connectivity index is 1.89. The fourth-order valence-electron chi connectivity index (χ4n) is 1.45. The second kappa shape index (κ2) is 5.11. The summed E-state index contributed by atoms with van der Waals surface area (Å²) in [6.45, 7) is 0.0793. The van der Waals surface area contributed by atoms with Crippen LogP contribution in [0.4, 0.5) is 8.78 Å². The van der Waals surface area contributed by atoms with Gasteiger partial charge in [-0.25, -0.2) is 8.78 Å². The van der Waals surface area contributed by atoms with Gasteiger partial charge in [0, 0.05) is 24.2 Å². The van der Waals surface area contributed by atoms with E-state index < -0.39 is 17.7 Å². The van der Waals surface area contributed by atoms with Gasteiger partial charge in [0.25, 0.3) is 0 Å². The first-order valence-corrected chi connectivity index (χ1v) is 5.42. The summed E-state index contributed by atoms with van der Waals surface area (Å²) in [6, 6.07) is 4.94. The molecule has 1 aromatic carbocycles. The Hall–Kier alpha value is -1.67. The first-order valence-electron chi connectivity index (χ1n) is 5.42. The summed E-state index contributed by atoms with van der Waals surface area (Å²) >= 11 is 0. The Morgan fingerprint density at radius 1 is 1.35 bits per heavy atom. The van der Waals surface area contributed by atoms with Crippen molar-refractivity contribution in [3.05, 3.63) is 29.8 Å². The van der Waals surface area contributed by atoms with Crippen LogP contribution in [0.25, 0.3) is 0 Å². The van der Waals surface area contributed by atoms with Crippen molar-refractivity contribution in [3.63, 3.8) is 0 Å². The van der Waals surface area contributed by atoms with Gasteiger partial charge in [-0.1, -0.05) is 0 Å². The summed E-state index contributed by atoms with van der Waals surface area (Å²) in [6.07, 6.45) is 2.12. The Morgan fingerprint density at radius 3 is 2.53 bits per heavy atom. The number of nitrogens with one attached hydrogen (secondary N) is 1. The molecule has 1 aliphatic carbocycles. The summed E-state index contributed by atoms with van der Waals surface area (Å²) in [7, 11) is 0. The minimum atomic E-state index is -0.691. The molecule has 5 heteroatoms. The van der Waals surface area contributed by atoms with E-state index in [9.17, 15) is 8.78 Å². The lowest BCUT2D eigenvalue weighted by molar-refractivity contribution is 0.285. The van der Waals surface area contributed by atoms with Gasteiger partial charge in [-0.15, -0.1) is 0 Å². The molecule has 0 amide bonds. The lowest BCUT2D eigenvalue weighted by Crippen LogP contribution is -2.34. The Labute approximate surface area is 98.0 Å². The molecule has 2 rings (SSSR count). The van der Waals surface area contributed by atoms with Gasteiger partial charge in [-0.3, -0.25) is 5.32 Å². The molecule has 0 spiro atoms.